The van der Waals surface area contributed by atoms with Gasteiger partial charge in [-0.1, -0.05) is 6.92 Å². The monoisotopic (exact) mass is 245 g/mol. The molecule has 0 aliphatic heterocycles. The molecule has 0 radical (unpaired) electrons. The van der Waals surface area contributed by atoms with Gasteiger partial charge in [-0.15, -0.1) is 5.10 Å². The molecule has 0 bridgehead atoms. The van der Waals surface area contributed by atoms with Crippen molar-refractivity contribution >= 4 is 5.91 Å². The Morgan fingerprint density at radius 3 is 2.67 bits per heavy atom. The number of aromatic nitrogens is 4. The number of nitrogens with one attached hydrogen (secondary N) is 1. The van der Waals surface area contributed by atoms with Crippen LogP contribution < -0.4 is 5.32 Å². The first-order valence-corrected chi connectivity index (χ1v) is 5.85. The fourth-order valence-electron chi connectivity index (χ4n) is 1.45. The van der Waals surface area contributed by atoms with Crippen molar-refractivity contribution in [2.24, 2.45) is 0 Å². The predicted octanol–water partition coefficient (Wildman–Crippen LogP) is 1.19. The van der Waals surface area contributed by atoms with E-state index in [1.807, 2.05) is 26.0 Å². The van der Waals surface area contributed by atoms with Gasteiger partial charge < -0.3 is 5.32 Å². The van der Waals surface area contributed by atoms with E-state index in [-0.39, 0.29) is 11.9 Å². The lowest BCUT2D eigenvalue weighted by molar-refractivity contribution is 0.0939. The quantitative estimate of drug-likeness (QED) is 0.878. The second kappa shape index (κ2) is 5.39. The minimum atomic E-state index is -0.0624. The zero-order valence-corrected chi connectivity index (χ0v) is 10.4. The number of carbonyl (C=O) groups excluding carboxylic acids is 1. The molecule has 0 saturated carbocycles. The third-order valence-corrected chi connectivity index (χ3v) is 2.73. The van der Waals surface area contributed by atoms with Gasteiger partial charge in [-0.2, -0.15) is 0 Å². The van der Waals surface area contributed by atoms with Crippen molar-refractivity contribution in [1.82, 2.24) is 25.5 Å². The molecule has 1 amide bonds. The Balaban J connectivity index is 2.10. The third kappa shape index (κ3) is 2.71. The Morgan fingerprint density at radius 2 is 2.11 bits per heavy atom. The smallest absolute Gasteiger partial charge is 0.251 e. The van der Waals surface area contributed by atoms with Gasteiger partial charge in [0.25, 0.3) is 5.91 Å². The first kappa shape index (κ1) is 12.2. The molecule has 0 unspecified atom stereocenters. The molecule has 6 nitrogen and oxygen atoms in total. The van der Waals surface area contributed by atoms with Crippen LogP contribution in [0.4, 0.5) is 0 Å². The highest BCUT2D eigenvalue weighted by Crippen LogP contribution is 2.08. The fraction of sp³-hybridized carbons (Fsp3) is 0.333. The topological polar surface area (TPSA) is 72.7 Å². The summed E-state index contributed by atoms with van der Waals surface area (Å²) in [5.74, 6) is -0.0624. The lowest BCUT2D eigenvalue weighted by Crippen LogP contribution is -2.31. The van der Waals surface area contributed by atoms with Crippen LogP contribution in [-0.4, -0.2) is 32.2 Å². The fourth-order valence-corrected chi connectivity index (χ4v) is 1.45. The van der Waals surface area contributed by atoms with Crippen molar-refractivity contribution in [2.45, 2.75) is 26.3 Å². The number of benzene rings is 1. The molecule has 1 aromatic heterocycles. The second-order valence-electron chi connectivity index (χ2n) is 4.08. The molecule has 94 valence electrons. The van der Waals surface area contributed by atoms with E-state index in [2.05, 4.69) is 20.8 Å². The van der Waals surface area contributed by atoms with Gasteiger partial charge in [-0.3, -0.25) is 4.79 Å². The summed E-state index contributed by atoms with van der Waals surface area (Å²) >= 11 is 0. The Kier molecular flexibility index (Phi) is 3.66. The number of rotatable bonds is 4. The van der Waals surface area contributed by atoms with Gasteiger partial charge in [-0.25, -0.2) is 4.68 Å². The molecule has 0 saturated heterocycles. The van der Waals surface area contributed by atoms with Crippen molar-refractivity contribution in [3.05, 3.63) is 36.2 Å². The van der Waals surface area contributed by atoms with Crippen LogP contribution in [0.15, 0.2) is 30.6 Å². The maximum Gasteiger partial charge on any atom is 0.251 e. The number of carbonyl (C=O) groups is 1. The van der Waals surface area contributed by atoms with E-state index in [0.717, 1.165) is 12.1 Å². The summed E-state index contributed by atoms with van der Waals surface area (Å²) in [6, 6.07) is 7.31. The molecule has 1 aromatic carbocycles. The Labute approximate surface area is 105 Å². The lowest BCUT2D eigenvalue weighted by atomic mass is 10.1. The minimum absolute atomic E-state index is 0.0624. The van der Waals surface area contributed by atoms with Crippen LogP contribution in [0.1, 0.15) is 30.6 Å². The van der Waals surface area contributed by atoms with Crippen molar-refractivity contribution in [3.63, 3.8) is 0 Å². The average Bonchev–Trinajstić information content (AvgIpc) is 2.92. The van der Waals surface area contributed by atoms with Crippen LogP contribution in [0, 0.1) is 0 Å². The van der Waals surface area contributed by atoms with Crippen LogP contribution in [-0.2, 0) is 0 Å². The van der Waals surface area contributed by atoms with E-state index in [9.17, 15) is 4.79 Å². The summed E-state index contributed by atoms with van der Waals surface area (Å²) in [5.41, 5.74) is 1.45. The summed E-state index contributed by atoms with van der Waals surface area (Å²) in [6.07, 6.45) is 2.42. The second-order valence-corrected chi connectivity index (χ2v) is 4.08. The number of hydrogen-bond donors (Lipinski definition) is 1. The highest BCUT2D eigenvalue weighted by molar-refractivity contribution is 5.94. The molecule has 18 heavy (non-hydrogen) atoms. The highest BCUT2D eigenvalue weighted by Gasteiger charge is 2.08. The van der Waals surface area contributed by atoms with Crippen LogP contribution in [0.2, 0.25) is 0 Å². The van der Waals surface area contributed by atoms with Crippen molar-refractivity contribution in [3.8, 4) is 5.69 Å². The average molecular weight is 245 g/mol. The molecule has 2 rings (SSSR count). The Hall–Kier alpha value is -2.24. The summed E-state index contributed by atoms with van der Waals surface area (Å²) in [7, 11) is 0. The van der Waals surface area contributed by atoms with Crippen LogP contribution in [0.25, 0.3) is 5.69 Å². The van der Waals surface area contributed by atoms with E-state index in [0.29, 0.717) is 5.56 Å². The molecule has 1 heterocycles. The van der Waals surface area contributed by atoms with E-state index >= 15 is 0 Å². The third-order valence-electron chi connectivity index (χ3n) is 2.73. The molecule has 0 aliphatic carbocycles. The lowest BCUT2D eigenvalue weighted by Gasteiger charge is -2.11. The molecule has 1 atom stereocenters. The van der Waals surface area contributed by atoms with E-state index < -0.39 is 0 Å². The molecule has 6 heteroatoms. The van der Waals surface area contributed by atoms with Crippen LogP contribution in [0.5, 0.6) is 0 Å². The zero-order valence-electron chi connectivity index (χ0n) is 10.4. The first-order chi connectivity index (χ1) is 8.70. The van der Waals surface area contributed by atoms with Crippen molar-refractivity contribution in [2.75, 3.05) is 0 Å². The van der Waals surface area contributed by atoms with Gasteiger partial charge in [-0.05, 0) is 48.0 Å². The van der Waals surface area contributed by atoms with Gasteiger partial charge in [0.2, 0.25) is 0 Å². The Morgan fingerprint density at radius 1 is 1.39 bits per heavy atom. The molecule has 0 aliphatic rings. The molecular formula is C12H15N5O. The zero-order chi connectivity index (χ0) is 13.0. The molecular weight excluding hydrogens is 230 g/mol. The summed E-state index contributed by atoms with van der Waals surface area (Å²) in [6.45, 7) is 4.01. The maximum atomic E-state index is 11.9. The summed E-state index contributed by atoms with van der Waals surface area (Å²) < 4.78 is 1.54. The van der Waals surface area contributed by atoms with Gasteiger partial charge in [0.05, 0.1) is 5.69 Å². The minimum Gasteiger partial charge on any atom is -0.350 e. The number of nitrogens with zero attached hydrogens (tertiary/aromatic N) is 4. The van der Waals surface area contributed by atoms with Crippen molar-refractivity contribution < 1.29 is 4.79 Å². The molecule has 2 aromatic rings. The van der Waals surface area contributed by atoms with Crippen molar-refractivity contribution in [1.29, 1.82) is 0 Å². The Bertz CT molecular complexity index is 506. The predicted molar refractivity (Wildman–Crippen MR) is 66.4 cm³/mol. The number of hydrogen-bond acceptors (Lipinski definition) is 4. The number of amides is 1. The standard InChI is InChI=1S/C12H15N5O/c1-3-9(2)14-12(18)10-4-6-11(7-5-10)17-8-13-15-16-17/h4-9H,3H2,1-2H3,(H,14,18)/t9-/m1/s1. The van der Waals surface area contributed by atoms with Gasteiger partial charge in [0.1, 0.15) is 6.33 Å². The summed E-state index contributed by atoms with van der Waals surface area (Å²) in [5, 5.41) is 13.8. The normalized spacial score (nSPS) is 12.1. The summed E-state index contributed by atoms with van der Waals surface area (Å²) in [4.78, 5) is 11.9. The SMILES string of the molecule is CC[C@@H](C)NC(=O)c1ccc(-n2cnnn2)cc1. The molecule has 1 N–H and O–H groups in total. The molecule has 0 fully saturated rings. The maximum absolute atomic E-state index is 11.9. The largest absolute Gasteiger partial charge is 0.350 e. The number of tetrazole rings is 1. The van der Waals surface area contributed by atoms with Gasteiger partial charge in [0, 0.05) is 11.6 Å². The van der Waals surface area contributed by atoms with E-state index in [4.69, 9.17) is 0 Å². The highest BCUT2D eigenvalue weighted by atomic mass is 16.1. The van der Waals surface area contributed by atoms with E-state index in [1.165, 1.54) is 11.0 Å². The molecule has 0 spiro atoms. The van der Waals surface area contributed by atoms with Crippen LogP contribution >= 0.6 is 0 Å². The van der Waals surface area contributed by atoms with Crippen LogP contribution in [0.3, 0.4) is 0 Å². The van der Waals surface area contributed by atoms with E-state index in [1.54, 1.807) is 12.1 Å². The van der Waals surface area contributed by atoms with Gasteiger partial charge >= 0.3 is 0 Å². The van der Waals surface area contributed by atoms with Gasteiger partial charge in [0.15, 0.2) is 0 Å². The first-order valence-electron chi connectivity index (χ1n) is 5.85.